The van der Waals surface area contributed by atoms with Gasteiger partial charge in [-0.2, -0.15) is 0 Å². The SMILES string of the molecule is O=C(NC[C@@H]1CCCN2CCCC[C@H]12)C1CCN(C(=O)c2ccc(Cl)c(Cl)c2)CC1. The molecule has 3 aliphatic heterocycles. The van der Waals surface area contributed by atoms with Crippen molar-refractivity contribution >= 4 is 35.0 Å². The number of fused-ring (bicyclic) bond motifs is 1. The summed E-state index contributed by atoms with van der Waals surface area (Å²) in [6, 6.07) is 5.62. The van der Waals surface area contributed by atoms with E-state index in [1.165, 1.54) is 45.2 Å². The van der Waals surface area contributed by atoms with Gasteiger partial charge in [0.25, 0.3) is 5.91 Å². The minimum absolute atomic E-state index is 0.00564. The van der Waals surface area contributed by atoms with Crippen LogP contribution < -0.4 is 5.32 Å². The van der Waals surface area contributed by atoms with Gasteiger partial charge in [-0.15, -0.1) is 0 Å². The lowest BCUT2D eigenvalue weighted by atomic mass is 9.83. The Kier molecular flexibility index (Phi) is 7.22. The second-order valence-electron chi connectivity index (χ2n) is 8.94. The van der Waals surface area contributed by atoms with Crippen molar-refractivity contribution in [2.45, 2.75) is 51.0 Å². The van der Waals surface area contributed by atoms with E-state index in [2.05, 4.69) is 10.2 Å². The summed E-state index contributed by atoms with van der Waals surface area (Å²) in [7, 11) is 0. The number of benzene rings is 1. The van der Waals surface area contributed by atoms with E-state index in [9.17, 15) is 9.59 Å². The standard InChI is InChI=1S/C23H31Cl2N3O2/c24-19-7-6-17(14-20(19)25)23(30)28-12-8-16(9-13-28)22(29)26-15-18-4-3-11-27-10-2-1-5-21(18)27/h6-7,14,16,18,21H,1-5,8-13,15H2,(H,26,29)/t18-,21+/m0/s1. The molecule has 0 bridgehead atoms. The molecule has 1 aromatic rings. The number of carbonyl (C=O) groups is 2. The first-order valence-electron chi connectivity index (χ1n) is 11.3. The predicted octanol–water partition coefficient (Wildman–Crippen LogP) is 4.23. The lowest BCUT2D eigenvalue weighted by molar-refractivity contribution is -0.126. The molecule has 3 heterocycles. The van der Waals surface area contributed by atoms with Crippen molar-refractivity contribution in [2.24, 2.45) is 11.8 Å². The summed E-state index contributed by atoms with van der Waals surface area (Å²) < 4.78 is 0. The van der Waals surface area contributed by atoms with Crippen LogP contribution >= 0.6 is 23.2 Å². The summed E-state index contributed by atoms with van der Waals surface area (Å²) in [5.41, 5.74) is 0.543. The third-order valence-corrected chi connectivity index (χ3v) is 7.83. The molecule has 0 spiro atoms. The molecule has 3 fully saturated rings. The van der Waals surface area contributed by atoms with Crippen molar-refractivity contribution in [2.75, 3.05) is 32.7 Å². The van der Waals surface area contributed by atoms with Gasteiger partial charge in [0.2, 0.25) is 5.91 Å². The molecule has 2 amide bonds. The fourth-order valence-corrected chi connectivity index (χ4v) is 5.65. The van der Waals surface area contributed by atoms with Crippen molar-refractivity contribution in [3.63, 3.8) is 0 Å². The average molecular weight is 452 g/mol. The molecule has 0 saturated carbocycles. The van der Waals surface area contributed by atoms with Crippen molar-refractivity contribution in [3.05, 3.63) is 33.8 Å². The zero-order valence-corrected chi connectivity index (χ0v) is 18.9. The number of nitrogens with one attached hydrogen (secondary N) is 1. The second-order valence-corrected chi connectivity index (χ2v) is 9.76. The summed E-state index contributed by atoms with van der Waals surface area (Å²) in [5, 5.41) is 4.07. The minimum atomic E-state index is -0.0491. The summed E-state index contributed by atoms with van der Waals surface area (Å²) in [6.07, 6.45) is 7.78. The summed E-state index contributed by atoms with van der Waals surface area (Å²) in [6.45, 7) is 4.43. The highest BCUT2D eigenvalue weighted by Gasteiger charge is 2.34. The molecule has 4 rings (SSSR count). The van der Waals surface area contributed by atoms with Gasteiger partial charge < -0.3 is 15.1 Å². The normalized spacial score (nSPS) is 25.6. The van der Waals surface area contributed by atoms with Crippen LogP contribution in [0.3, 0.4) is 0 Å². The molecular formula is C23H31Cl2N3O2. The third kappa shape index (κ3) is 4.95. The third-order valence-electron chi connectivity index (χ3n) is 7.09. The maximum atomic E-state index is 12.8. The van der Waals surface area contributed by atoms with Crippen LogP contribution in [0.4, 0.5) is 0 Å². The smallest absolute Gasteiger partial charge is 0.253 e. The topological polar surface area (TPSA) is 52.7 Å². The first-order chi connectivity index (χ1) is 14.5. The lowest BCUT2D eigenvalue weighted by Gasteiger charge is -2.44. The highest BCUT2D eigenvalue weighted by Crippen LogP contribution is 2.31. The van der Waals surface area contributed by atoms with E-state index >= 15 is 0 Å². The Morgan fingerprint density at radius 3 is 2.47 bits per heavy atom. The summed E-state index contributed by atoms with van der Waals surface area (Å²) in [4.78, 5) is 29.9. The van der Waals surface area contributed by atoms with E-state index in [0.29, 0.717) is 53.5 Å². The average Bonchev–Trinajstić information content (AvgIpc) is 2.79. The number of hydrogen-bond acceptors (Lipinski definition) is 3. The Morgan fingerprint density at radius 1 is 0.933 bits per heavy atom. The molecule has 5 nitrogen and oxygen atoms in total. The van der Waals surface area contributed by atoms with Gasteiger partial charge in [0.05, 0.1) is 10.0 Å². The van der Waals surface area contributed by atoms with E-state index in [1.807, 2.05) is 4.90 Å². The molecule has 3 aliphatic rings. The van der Waals surface area contributed by atoms with Crippen LogP contribution in [0.15, 0.2) is 18.2 Å². The number of amides is 2. The first kappa shape index (κ1) is 21.9. The van der Waals surface area contributed by atoms with E-state index < -0.39 is 0 Å². The highest BCUT2D eigenvalue weighted by atomic mass is 35.5. The fourth-order valence-electron chi connectivity index (χ4n) is 5.35. The van der Waals surface area contributed by atoms with Crippen LogP contribution in [-0.4, -0.2) is 60.4 Å². The number of carbonyl (C=O) groups excluding carboxylic acids is 2. The Labute approximate surface area is 189 Å². The van der Waals surface area contributed by atoms with Gasteiger partial charge in [0.1, 0.15) is 0 Å². The van der Waals surface area contributed by atoms with Crippen LogP contribution in [0.5, 0.6) is 0 Å². The largest absolute Gasteiger partial charge is 0.356 e. The number of rotatable bonds is 4. The Bertz CT molecular complexity index is 778. The van der Waals surface area contributed by atoms with Gasteiger partial charge in [-0.3, -0.25) is 9.59 Å². The van der Waals surface area contributed by atoms with Gasteiger partial charge in [0.15, 0.2) is 0 Å². The van der Waals surface area contributed by atoms with Crippen LogP contribution in [0.1, 0.15) is 55.3 Å². The molecule has 7 heteroatoms. The van der Waals surface area contributed by atoms with Crippen molar-refractivity contribution in [1.82, 2.24) is 15.1 Å². The van der Waals surface area contributed by atoms with Crippen LogP contribution in [0.25, 0.3) is 0 Å². The highest BCUT2D eigenvalue weighted by molar-refractivity contribution is 6.42. The molecule has 0 unspecified atom stereocenters. The number of likely N-dealkylation sites (tertiary alicyclic amines) is 1. The van der Waals surface area contributed by atoms with Gasteiger partial charge >= 0.3 is 0 Å². The molecule has 30 heavy (non-hydrogen) atoms. The van der Waals surface area contributed by atoms with Gasteiger partial charge in [-0.1, -0.05) is 29.6 Å². The van der Waals surface area contributed by atoms with Crippen LogP contribution in [0, 0.1) is 11.8 Å². The second kappa shape index (κ2) is 9.88. The van der Waals surface area contributed by atoms with Crippen LogP contribution in [-0.2, 0) is 4.79 Å². The lowest BCUT2D eigenvalue weighted by Crippen LogP contribution is -2.51. The number of hydrogen-bond donors (Lipinski definition) is 1. The van der Waals surface area contributed by atoms with E-state index in [-0.39, 0.29) is 17.7 Å². The van der Waals surface area contributed by atoms with Crippen molar-refractivity contribution in [3.8, 4) is 0 Å². The minimum Gasteiger partial charge on any atom is -0.356 e. The van der Waals surface area contributed by atoms with E-state index in [1.54, 1.807) is 18.2 Å². The first-order valence-corrected chi connectivity index (χ1v) is 12.0. The van der Waals surface area contributed by atoms with E-state index in [4.69, 9.17) is 23.2 Å². The predicted molar refractivity (Wildman–Crippen MR) is 120 cm³/mol. The molecule has 2 atom stereocenters. The molecule has 164 valence electrons. The summed E-state index contributed by atoms with van der Waals surface area (Å²) in [5.74, 6) is 0.685. The van der Waals surface area contributed by atoms with Gasteiger partial charge in [-0.05, 0) is 75.7 Å². The maximum Gasteiger partial charge on any atom is 0.253 e. The van der Waals surface area contributed by atoms with Gasteiger partial charge in [-0.25, -0.2) is 0 Å². The van der Waals surface area contributed by atoms with Crippen LogP contribution in [0.2, 0.25) is 10.0 Å². The molecule has 1 N–H and O–H groups in total. The quantitative estimate of drug-likeness (QED) is 0.744. The molecule has 0 radical (unpaired) electrons. The maximum absolute atomic E-state index is 12.8. The number of halogens is 2. The Morgan fingerprint density at radius 2 is 1.70 bits per heavy atom. The molecule has 1 aromatic carbocycles. The molecule has 3 saturated heterocycles. The molecular weight excluding hydrogens is 421 g/mol. The van der Waals surface area contributed by atoms with Gasteiger partial charge in [0, 0.05) is 37.2 Å². The Hall–Kier alpha value is -1.30. The van der Waals surface area contributed by atoms with Crippen molar-refractivity contribution in [1.29, 1.82) is 0 Å². The van der Waals surface area contributed by atoms with Crippen molar-refractivity contribution < 1.29 is 9.59 Å². The Balaban J connectivity index is 1.25. The zero-order chi connectivity index (χ0) is 21.1. The molecule has 0 aromatic heterocycles. The van der Waals surface area contributed by atoms with E-state index in [0.717, 1.165) is 6.54 Å². The fraction of sp³-hybridized carbons (Fsp3) is 0.652. The summed E-state index contributed by atoms with van der Waals surface area (Å²) >= 11 is 12.0. The number of nitrogens with zero attached hydrogens (tertiary/aromatic N) is 2. The number of piperidine rings is 3. The zero-order valence-electron chi connectivity index (χ0n) is 17.4. The molecule has 0 aliphatic carbocycles. The monoisotopic (exact) mass is 451 g/mol.